The van der Waals surface area contributed by atoms with Crippen LogP contribution in [0, 0.1) is 23.2 Å². The highest BCUT2D eigenvalue weighted by atomic mass is 16.2. The predicted molar refractivity (Wildman–Crippen MR) is 53.1 cm³/mol. The fourth-order valence-corrected chi connectivity index (χ4v) is 2.20. The molecule has 4 heteroatoms. The summed E-state index contributed by atoms with van der Waals surface area (Å²) in [6, 6.07) is 2.27. The van der Waals surface area contributed by atoms with Gasteiger partial charge < -0.3 is 10.6 Å². The van der Waals surface area contributed by atoms with Crippen LogP contribution in [0.3, 0.4) is 0 Å². The second kappa shape index (κ2) is 4.43. The van der Waals surface area contributed by atoms with E-state index in [4.69, 9.17) is 11.0 Å². The average Bonchev–Trinajstić information content (AvgIpc) is 2.84. The van der Waals surface area contributed by atoms with Gasteiger partial charge in [-0.25, -0.2) is 0 Å². The summed E-state index contributed by atoms with van der Waals surface area (Å²) in [6.07, 6.45) is 1.06. The lowest BCUT2D eigenvalue weighted by molar-refractivity contribution is -0.130. The third kappa shape index (κ3) is 1.88. The Balaban J connectivity index is 2.62. The van der Waals surface area contributed by atoms with Crippen LogP contribution in [0.1, 0.15) is 20.3 Å². The number of carbonyl (C=O) groups excluding carboxylic acids is 1. The van der Waals surface area contributed by atoms with Gasteiger partial charge in [-0.05, 0) is 11.8 Å². The summed E-state index contributed by atoms with van der Waals surface area (Å²) in [5.74, 6) is 0.960. The van der Waals surface area contributed by atoms with E-state index in [0.29, 0.717) is 11.8 Å². The molecule has 1 amide bonds. The topological polar surface area (TPSA) is 70.1 Å². The van der Waals surface area contributed by atoms with Crippen molar-refractivity contribution in [3.8, 4) is 6.07 Å². The molecular formula is C10H17N3O. The second-order valence-electron chi connectivity index (χ2n) is 3.81. The third-order valence-corrected chi connectivity index (χ3v) is 3.08. The van der Waals surface area contributed by atoms with Crippen LogP contribution >= 0.6 is 0 Å². The predicted octanol–water partition coefficient (Wildman–Crippen LogP) is 0.342. The van der Waals surface area contributed by atoms with Crippen molar-refractivity contribution in [2.24, 2.45) is 17.6 Å². The van der Waals surface area contributed by atoms with Crippen LogP contribution in [0.25, 0.3) is 0 Å². The zero-order valence-corrected chi connectivity index (χ0v) is 8.73. The minimum atomic E-state index is -0.112. The molecule has 1 saturated carbocycles. The van der Waals surface area contributed by atoms with Gasteiger partial charge in [0.15, 0.2) is 0 Å². The van der Waals surface area contributed by atoms with Crippen LogP contribution in [-0.4, -0.2) is 29.9 Å². The van der Waals surface area contributed by atoms with Gasteiger partial charge in [-0.15, -0.1) is 0 Å². The van der Waals surface area contributed by atoms with Crippen molar-refractivity contribution in [3.05, 3.63) is 0 Å². The number of amides is 1. The zero-order chi connectivity index (χ0) is 10.7. The molecule has 78 valence electrons. The number of carbonyl (C=O) groups is 1. The molecule has 0 radical (unpaired) electrons. The van der Waals surface area contributed by atoms with E-state index in [-0.39, 0.29) is 25.0 Å². The van der Waals surface area contributed by atoms with Crippen molar-refractivity contribution in [1.82, 2.24) is 4.90 Å². The maximum absolute atomic E-state index is 11.4. The van der Waals surface area contributed by atoms with Crippen LogP contribution in [0.2, 0.25) is 0 Å². The minimum Gasteiger partial charge on any atom is -0.325 e. The lowest BCUT2D eigenvalue weighted by Gasteiger charge is -2.19. The Hall–Kier alpha value is -1.08. The van der Waals surface area contributed by atoms with E-state index >= 15 is 0 Å². The Morgan fingerprint density at radius 1 is 1.64 bits per heavy atom. The first-order valence-corrected chi connectivity index (χ1v) is 5.03. The van der Waals surface area contributed by atoms with E-state index in [2.05, 4.69) is 13.8 Å². The van der Waals surface area contributed by atoms with Crippen molar-refractivity contribution >= 4 is 5.91 Å². The molecule has 0 saturated heterocycles. The van der Waals surface area contributed by atoms with E-state index in [9.17, 15) is 4.79 Å². The molecule has 0 spiro atoms. The maximum Gasteiger partial charge on any atom is 0.237 e. The first-order chi connectivity index (χ1) is 6.67. The summed E-state index contributed by atoms with van der Waals surface area (Å²) < 4.78 is 0. The standard InChI is InChI=1S/C10H17N3O/c1-3-8-7(2)10(8)13(5-4-11)9(14)6-12/h7-8,10H,3,5-6,12H2,1-2H3. The van der Waals surface area contributed by atoms with Gasteiger partial charge in [0.05, 0.1) is 12.6 Å². The first kappa shape index (κ1) is 11.0. The zero-order valence-electron chi connectivity index (χ0n) is 8.73. The van der Waals surface area contributed by atoms with Crippen molar-refractivity contribution < 1.29 is 4.79 Å². The van der Waals surface area contributed by atoms with Crippen molar-refractivity contribution in [2.75, 3.05) is 13.1 Å². The monoisotopic (exact) mass is 195 g/mol. The van der Waals surface area contributed by atoms with E-state index in [1.165, 1.54) is 0 Å². The number of nitrogens with two attached hydrogens (primary N) is 1. The SMILES string of the molecule is CCC1C(C)C1N(CC#N)C(=O)CN. The molecule has 1 aliphatic rings. The van der Waals surface area contributed by atoms with Gasteiger partial charge in [-0.1, -0.05) is 20.3 Å². The Morgan fingerprint density at radius 3 is 2.64 bits per heavy atom. The number of rotatable bonds is 4. The van der Waals surface area contributed by atoms with Gasteiger partial charge in [0, 0.05) is 6.04 Å². The fraction of sp³-hybridized carbons (Fsp3) is 0.800. The Bertz CT molecular complexity index is 259. The number of hydrogen-bond acceptors (Lipinski definition) is 3. The molecule has 0 bridgehead atoms. The Morgan fingerprint density at radius 2 is 2.29 bits per heavy atom. The molecule has 2 N–H and O–H groups in total. The Labute approximate surface area is 84.7 Å². The number of hydrogen-bond donors (Lipinski definition) is 1. The summed E-state index contributed by atoms with van der Waals surface area (Å²) in [5.41, 5.74) is 5.30. The summed E-state index contributed by atoms with van der Waals surface area (Å²) in [4.78, 5) is 13.1. The molecular weight excluding hydrogens is 178 g/mol. The molecule has 1 rings (SSSR count). The van der Waals surface area contributed by atoms with Crippen LogP contribution in [0.4, 0.5) is 0 Å². The van der Waals surface area contributed by atoms with Gasteiger partial charge in [-0.2, -0.15) is 5.26 Å². The summed E-state index contributed by atoms with van der Waals surface area (Å²) >= 11 is 0. The fourth-order valence-electron chi connectivity index (χ4n) is 2.20. The van der Waals surface area contributed by atoms with E-state index in [1.54, 1.807) is 4.90 Å². The molecule has 0 aromatic heterocycles. The summed E-state index contributed by atoms with van der Waals surface area (Å²) in [6.45, 7) is 4.40. The van der Waals surface area contributed by atoms with Crippen LogP contribution in [0.5, 0.6) is 0 Å². The Kier molecular flexibility index (Phi) is 3.48. The molecule has 0 aromatic rings. The molecule has 14 heavy (non-hydrogen) atoms. The smallest absolute Gasteiger partial charge is 0.237 e. The summed E-state index contributed by atoms with van der Waals surface area (Å²) in [7, 11) is 0. The minimum absolute atomic E-state index is 0.00132. The first-order valence-electron chi connectivity index (χ1n) is 5.03. The molecule has 0 heterocycles. The normalized spacial score (nSPS) is 29.4. The average molecular weight is 195 g/mol. The number of nitrogens with zero attached hydrogens (tertiary/aromatic N) is 2. The molecule has 0 aromatic carbocycles. The van der Waals surface area contributed by atoms with Gasteiger partial charge in [-0.3, -0.25) is 4.79 Å². The van der Waals surface area contributed by atoms with Gasteiger partial charge in [0.1, 0.15) is 6.54 Å². The quantitative estimate of drug-likeness (QED) is 0.658. The van der Waals surface area contributed by atoms with E-state index in [1.807, 2.05) is 6.07 Å². The third-order valence-electron chi connectivity index (χ3n) is 3.08. The van der Waals surface area contributed by atoms with E-state index in [0.717, 1.165) is 6.42 Å². The van der Waals surface area contributed by atoms with Gasteiger partial charge in [0.25, 0.3) is 0 Å². The van der Waals surface area contributed by atoms with E-state index < -0.39 is 0 Å². The lowest BCUT2D eigenvalue weighted by Crippen LogP contribution is -2.39. The van der Waals surface area contributed by atoms with Crippen LogP contribution in [0.15, 0.2) is 0 Å². The maximum atomic E-state index is 11.4. The van der Waals surface area contributed by atoms with Crippen molar-refractivity contribution in [2.45, 2.75) is 26.3 Å². The molecule has 3 atom stereocenters. The van der Waals surface area contributed by atoms with Crippen molar-refractivity contribution in [1.29, 1.82) is 5.26 Å². The number of nitriles is 1. The largest absolute Gasteiger partial charge is 0.325 e. The van der Waals surface area contributed by atoms with Crippen LogP contribution < -0.4 is 5.73 Å². The summed E-state index contributed by atoms with van der Waals surface area (Å²) in [5, 5.41) is 8.62. The van der Waals surface area contributed by atoms with Gasteiger partial charge >= 0.3 is 0 Å². The highest BCUT2D eigenvalue weighted by Gasteiger charge is 2.50. The van der Waals surface area contributed by atoms with Crippen molar-refractivity contribution in [3.63, 3.8) is 0 Å². The molecule has 3 unspecified atom stereocenters. The molecule has 4 nitrogen and oxygen atoms in total. The van der Waals surface area contributed by atoms with Crippen LogP contribution in [-0.2, 0) is 4.79 Å². The molecule has 0 aliphatic heterocycles. The molecule has 1 aliphatic carbocycles. The highest BCUT2D eigenvalue weighted by molar-refractivity contribution is 5.79. The highest BCUT2D eigenvalue weighted by Crippen LogP contribution is 2.44. The lowest BCUT2D eigenvalue weighted by atomic mass is 10.3. The van der Waals surface area contributed by atoms with Gasteiger partial charge in [0.2, 0.25) is 5.91 Å². The second-order valence-corrected chi connectivity index (χ2v) is 3.81. The molecule has 1 fully saturated rings.